The van der Waals surface area contributed by atoms with Crippen molar-refractivity contribution in [1.82, 2.24) is 4.98 Å². The number of hydrogen-bond donors (Lipinski definition) is 2. The van der Waals surface area contributed by atoms with Crippen molar-refractivity contribution in [2.45, 2.75) is 12.8 Å². The number of aromatic nitrogens is 1. The molecule has 0 unspecified atom stereocenters. The maximum Gasteiger partial charge on any atom is 0.233 e. The number of carbonyl (C=O) groups excluding carboxylic acids is 1. The molecule has 1 saturated heterocycles. The minimum atomic E-state index is -0.503. The SMILES string of the molecule is Cl.NCC1(C(=O)Nc2nc3ccsc3s2)CCOCC1. The van der Waals surface area contributed by atoms with Gasteiger partial charge < -0.3 is 15.8 Å². The molecule has 3 rings (SSSR count). The van der Waals surface area contributed by atoms with Crippen LogP contribution in [-0.2, 0) is 9.53 Å². The Kier molecular flexibility index (Phi) is 4.98. The van der Waals surface area contributed by atoms with Gasteiger partial charge in [0, 0.05) is 19.8 Å². The van der Waals surface area contributed by atoms with Crippen LogP contribution in [0.1, 0.15) is 12.8 Å². The van der Waals surface area contributed by atoms with Crippen LogP contribution in [0.2, 0.25) is 0 Å². The topological polar surface area (TPSA) is 77.2 Å². The normalized spacial score (nSPS) is 17.6. The van der Waals surface area contributed by atoms with Crippen molar-refractivity contribution in [3.63, 3.8) is 0 Å². The predicted molar refractivity (Wildman–Crippen MR) is 84.9 cm³/mol. The van der Waals surface area contributed by atoms with E-state index in [1.807, 2.05) is 11.4 Å². The molecule has 3 heterocycles. The number of hydrogen-bond acceptors (Lipinski definition) is 6. The van der Waals surface area contributed by atoms with Gasteiger partial charge in [-0.2, -0.15) is 0 Å². The lowest BCUT2D eigenvalue weighted by Crippen LogP contribution is -2.46. The number of halogens is 1. The molecule has 0 saturated carbocycles. The largest absolute Gasteiger partial charge is 0.381 e. The third kappa shape index (κ3) is 2.82. The van der Waals surface area contributed by atoms with E-state index in [0.717, 1.165) is 9.53 Å². The lowest BCUT2D eigenvalue weighted by Gasteiger charge is -2.34. The summed E-state index contributed by atoms with van der Waals surface area (Å²) in [6.07, 6.45) is 1.35. The van der Waals surface area contributed by atoms with Crippen molar-refractivity contribution in [2.24, 2.45) is 11.1 Å². The van der Waals surface area contributed by atoms with Crippen molar-refractivity contribution in [2.75, 3.05) is 25.1 Å². The maximum atomic E-state index is 12.4. The average molecular weight is 334 g/mol. The molecule has 1 aliphatic rings. The first-order chi connectivity index (χ1) is 9.23. The summed E-state index contributed by atoms with van der Waals surface area (Å²) < 4.78 is 6.44. The van der Waals surface area contributed by atoms with Gasteiger partial charge in [-0.25, -0.2) is 4.98 Å². The first kappa shape index (κ1) is 15.7. The van der Waals surface area contributed by atoms with Gasteiger partial charge in [0.25, 0.3) is 0 Å². The molecule has 0 aromatic carbocycles. The van der Waals surface area contributed by atoms with Crippen LogP contribution in [0.5, 0.6) is 0 Å². The summed E-state index contributed by atoms with van der Waals surface area (Å²) in [5.41, 5.74) is 6.26. The van der Waals surface area contributed by atoms with Crippen LogP contribution >= 0.6 is 35.1 Å². The highest BCUT2D eigenvalue weighted by molar-refractivity contribution is 7.39. The molecule has 0 bridgehead atoms. The van der Waals surface area contributed by atoms with Gasteiger partial charge in [0.05, 0.1) is 10.9 Å². The van der Waals surface area contributed by atoms with E-state index in [2.05, 4.69) is 10.3 Å². The quantitative estimate of drug-likeness (QED) is 0.904. The molecule has 0 aliphatic carbocycles. The minimum Gasteiger partial charge on any atom is -0.381 e. The number of anilines is 1. The predicted octanol–water partition coefficient (Wildman–Crippen LogP) is 2.47. The second-order valence-electron chi connectivity index (χ2n) is 4.66. The fourth-order valence-electron chi connectivity index (χ4n) is 2.24. The Balaban J connectivity index is 0.00000147. The smallest absolute Gasteiger partial charge is 0.233 e. The molecule has 110 valence electrons. The number of nitrogens with one attached hydrogen (secondary N) is 1. The molecule has 0 atom stereocenters. The Morgan fingerprint density at radius 1 is 1.50 bits per heavy atom. The number of nitrogens with two attached hydrogens (primary N) is 1. The highest BCUT2D eigenvalue weighted by atomic mass is 35.5. The first-order valence-electron chi connectivity index (χ1n) is 6.17. The van der Waals surface area contributed by atoms with E-state index in [9.17, 15) is 4.79 Å². The second kappa shape index (κ2) is 6.36. The molecule has 1 fully saturated rings. The molecule has 1 amide bonds. The summed E-state index contributed by atoms with van der Waals surface area (Å²) in [5.74, 6) is -0.0281. The van der Waals surface area contributed by atoms with Crippen LogP contribution in [0.3, 0.4) is 0 Å². The Morgan fingerprint density at radius 3 is 2.90 bits per heavy atom. The zero-order chi connectivity index (χ0) is 13.3. The molecule has 0 radical (unpaired) electrons. The van der Waals surface area contributed by atoms with Crippen LogP contribution in [0, 0.1) is 5.41 Å². The number of thiazole rings is 1. The second-order valence-corrected chi connectivity index (χ2v) is 6.84. The van der Waals surface area contributed by atoms with E-state index in [-0.39, 0.29) is 18.3 Å². The molecule has 20 heavy (non-hydrogen) atoms. The van der Waals surface area contributed by atoms with Gasteiger partial charge in [-0.3, -0.25) is 4.79 Å². The zero-order valence-corrected chi connectivity index (χ0v) is 13.2. The summed E-state index contributed by atoms with van der Waals surface area (Å²) in [6.45, 7) is 1.54. The molecule has 1 aliphatic heterocycles. The molecular weight excluding hydrogens is 318 g/mol. The van der Waals surface area contributed by atoms with Gasteiger partial charge in [-0.05, 0) is 24.3 Å². The van der Waals surface area contributed by atoms with E-state index in [1.54, 1.807) is 11.3 Å². The highest BCUT2D eigenvalue weighted by Crippen LogP contribution is 2.34. The van der Waals surface area contributed by atoms with Crippen LogP contribution in [-0.4, -0.2) is 30.6 Å². The highest BCUT2D eigenvalue weighted by Gasteiger charge is 2.39. The van der Waals surface area contributed by atoms with Gasteiger partial charge in [0.1, 0.15) is 4.01 Å². The molecule has 8 heteroatoms. The average Bonchev–Trinajstić information content (AvgIpc) is 3.00. The van der Waals surface area contributed by atoms with Crippen LogP contribution in [0.15, 0.2) is 11.4 Å². The van der Waals surface area contributed by atoms with E-state index in [4.69, 9.17) is 10.5 Å². The van der Waals surface area contributed by atoms with Crippen LogP contribution in [0.4, 0.5) is 5.13 Å². The Labute approximate surface area is 130 Å². The van der Waals surface area contributed by atoms with Crippen molar-refractivity contribution in [3.8, 4) is 0 Å². The van der Waals surface area contributed by atoms with Crippen molar-refractivity contribution in [3.05, 3.63) is 11.4 Å². The van der Waals surface area contributed by atoms with E-state index < -0.39 is 5.41 Å². The molecule has 3 N–H and O–H groups in total. The number of rotatable bonds is 3. The third-order valence-corrected chi connectivity index (χ3v) is 5.58. The number of amides is 1. The summed E-state index contributed by atoms with van der Waals surface area (Å²) in [4.78, 5) is 16.8. The Hall–Kier alpha value is -0.730. The van der Waals surface area contributed by atoms with Crippen molar-refractivity contribution < 1.29 is 9.53 Å². The lowest BCUT2D eigenvalue weighted by molar-refractivity contribution is -0.130. The Morgan fingerprint density at radius 2 is 2.25 bits per heavy atom. The van der Waals surface area contributed by atoms with Gasteiger partial charge in [0.2, 0.25) is 5.91 Å². The summed E-state index contributed by atoms with van der Waals surface area (Å²) >= 11 is 3.14. The summed E-state index contributed by atoms with van der Waals surface area (Å²) in [5, 5.41) is 5.58. The number of carbonyl (C=O) groups is 1. The molecule has 5 nitrogen and oxygen atoms in total. The van der Waals surface area contributed by atoms with Gasteiger partial charge in [-0.1, -0.05) is 11.3 Å². The zero-order valence-electron chi connectivity index (χ0n) is 10.8. The first-order valence-corrected chi connectivity index (χ1v) is 7.86. The van der Waals surface area contributed by atoms with Gasteiger partial charge in [0.15, 0.2) is 5.13 Å². The number of ether oxygens (including phenoxy) is 1. The molecule has 2 aromatic heterocycles. The van der Waals surface area contributed by atoms with Crippen LogP contribution in [0.25, 0.3) is 9.53 Å². The van der Waals surface area contributed by atoms with Crippen LogP contribution < -0.4 is 11.1 Å². The summed E-state index contributed by atoms with van der Waals surface area (Å²) in [7, 11) is 0. The van der Waals surface area contributed by atoms with Gasteiger partial charge in [-0.15, -0.1) is 23.7 Å². The lowest BCUT2D eigenvalue weighted by atomic mass is 9.79. The third-order valence-electron chi connectivity index (χ3n) is 3.56. The summed E-state index contributed by atoms with van der Waals surface area (Å²) in [6, 6.07) is 1.96. The van der Waals surface area contributed by atoms with Gasteiger partial charge >= 0.3 is 0 Å². The fourth-order valence-corrected chi connectivity index (χ4v) is 4.07. The van der Waals surface area contributed by atoms with E-state index in [0.29, 0.717) is 37.7 Å². The Bertz CT molecular complexity index is 564. The minimum absolute atomic E-state index is 0. The van der Waals surface area contributed by atoms with E-state index >= 15 is 0 Å². The molecular formula is C12H16ClN3O2S2. The van der Waals surface area contributed by atoms with Crippen molar-refractivity contribution >= 4 is 55.6 Å². The number of fused-ring (bicyclic) bond motifs is 1. The molecule has 2 aromatic rings. The standard InChI is InChI=1S/C12H15N3O2S2.ClH/c13-7-12(2-4-17-5-3-12)10(16)15-11-14-8-1-6-18-9(8)19-11;/h1,6H,2-5,7,13H2,(H,14,15,16);1H. The fraction of sp³-hybridized carbons (Fsp3) is 0.500. The molecule has 0 spiro atoms. The maximum absolute atomic E-state index is 12.4. The van der Waals surface area contributed by atoms with E-state index in [1.165, 1.54) is 11.3 Å². The monoisotopic (exact) mass is 333 g/mol. The number of thiophene rings is 1. The van der Waals surface area contributed by atoms with Crippen molar-refractivity contribution in [1.29, 1.82) is 0 Å². The number of nitrogens with zero attached hydrogens (tertiary/aromatic N) is 1.